The number of carbonyl (C=O) groups is 1. The van der Waals surface area contributed by atoms with Crippen LogP contribution in [0.2, 0.25) is 0 Å². The molecule has 1 unspecified atom stereocenters. The first-order chi connectivity index (χ1) is 10.6. The van der Waals surface area contributed by atoms with Gasteiger partial charge in [0.2, 0.25) is 0 Å². The largest absolute Gasteiger partial charge is 0.544 e. The summed E-state index contributed by atoms with van der Waals surface area (Å²) in [7, 11) is 0. The molecule has 0 spiro atoms. The van der Waals surface area contributed by atoms with Gasteiger partial charge in [0.25, 0.3) is 0 Å². The maximum absolute atomic E-state index is 11.1. The molecule has 1 atom stereocenters. The Bertz CT molecular complexity index is 358. The fourth-order valence-electron chi connectivity index (χ4n) is 3.32. The quantitative estimate of drug-likeness (QED) is 0.414. The van der Waals surface area contributed by atoms with E-state index in [1.807, 2.05) is 0 Å². The van der Waals surface area contributed by atoms with E-state index in [0.29, 0.717) is 24.0 Å². The van der Waals surface area contributed by atoms with Gasteiger partial charge in [-0.25, -0.2) is 4.99 Å². The lowest BCUT2D eigenvalue weighted by Gasteiger charge is -2.35. The number of unbranched alkanes of at least 4 members (excludes halogenated alkanes) is 6. The zero-order chi connectivity index (χ0) is 16.3. The predicted octanol–water partition coefficient (Wildman–Crippen LogP) is 1.49. The van der Waals surface area contributed by atoms with Gasteiger partial charge in [-0.05, 0) is 6.42 Å². The van der Waals surface area contributed by atoms with Crippen LogP contribution in [-0.2, 0) is 4.79 Å². The van der Waals surface area contributed by atoms with Crippen molar-refractivity contribution in [3.63, 3.8) is 0 Å². The lowest BCUT2D eigenvalue weighted by atomic mass is 10.1. The molecule has 128 valence electrons. The van der Waals surface area contributed by atoms with Crippen LogP contribution in [0, 0.1) is 0 Å². The Hall–Kier alpha value is -0.940. The number of hydrogen-bond acceptors (Lipinski definition) is 4. The fraction of sp³-hybridized carbons (Fsp3) is 0.882. The number of amidine groups is 1. The van der Waals surface area contributed by atoms with Crippen LogP contribution >= 0.6 is 0 Å². The molecule has 0 amide bonds. The predicted molar refractivity (Wildman–Crippen MR) is 86.5 cm³/mol. The number of aliphatic carboxylic acids is 1. The van der Waals surface area contributed by atoms with Crippen LogP contribution < -0.4 is 5.11 Å². The van der Waals surface area contributed by atoms with Crippen molar-refractivity contribution in [2.45, 2.75) is 64.7 Å². The van der Waals surface area contributed by atoms with Gasteiger partial charge in [0, 0.05) is 19.4 Å². The third kappa shape index (κ3) is 6.44. The molecule has 0 aromatic rings. The van der Waals surface area contributed by atoms with Crippen LogP contribution in [0.3, 0.4) is 0 Å². The van der Waals surface area contributed by atoms with Crippen LogP contribution in [0.5, 0.6) is 0 Å². The van der Waals surface area contributed by atoms with Gasteiger partial charge in [-0.3, -0.25) is 4.48 Å². The van der Waals surface area contributed by atoms with Crippen molar-refractivity contribution in [2.75, 3.05) is 32.8 Å². The number of carboxylic acids is 1. The molecular weight excluding hydrogens is 280 g/mol. The number of hydrogen-bond donors (Lipinski definition) is 1. The van der Waals surface area contributed by atoms with Gasteiger partial charge in [0.1, 0.15) is 13.1 Å². The average Bonchev–Trinajstić information content (AvgIpc) is 2.86. The van der Waals surface area contributed by atoms with E-state index >= 15 is 0 Å². The van der Waals surface area contributed by atoms with E-state index in [9.17, 15) is 9.90 Å². The number of carbonyl (C=O) groups excluding carboxylic acids is 1. The van der Waals surface area contributed by atoms with Crippen LogP contribution in [0.25, 0.3) is 0 Å². The Balaban J connectivity index is 2.39. The summed E-state index contributed by atoms with van der Waals surface area (Å²) in [4.78, 5) is 15.7. The molecule has 1 N–H and O–H groups in total. The highest BCUT2D eigenvalue weighted by Gasteiger charge is 2.37. The maximum atomic E-state index is 11.1. The molecule has 1 aliphatic heterocycles. The van der Waals surface area contributed by atoms with Crippen molar-refractivity contribution < 1.29 is 19.5 Å². The summed E-state index contributed by atoms with van der Waals surface area (Å²) in [6, 6.07) is 0. The lowest BCUT2D eigenvalue weighted by Crippen LogP contribution is -2.57. The minimum atomic E-state index is -1.02. The van der Waals surface area contributed by atoms with Gasteiger partial charge in [0.05, 0.1) is 19.1 Å². The van der Waals surface area contributed by atoms with E-state index in [0.717, 1.165) is 25.2 Å². The summed E-state index contributed by atoms with van der Waals surface area (Å²) in [6.45, 7) is 4.40. The summed E-state index contributed by atoms with van der Waals surface area (Å²) < 4.78 is 0.402. The SMILES string of the molecule is CCCCCCCCCC1=NCC[N+]1(CCCO)CC(=O)[O-]. The first-order valence-corrected chi connectivity index (χ1v) is 8.85. The molecule has 0 aromatic heterocycles. The van der Waals surface area contributed by atoms with Crippen molar-refractivity contribution in [1.82, 2.24) is 0 Å². The van der Waals surface area contributed by atoms with Gasteiger partial charge >= 0.3 is 0 Å². The number of rotatable bonds is 13. The highest BCUT2D eigenvalue weighted by atomic mass is 16.4. The summed E-state index contributed by atoms with van der Waals surface area (Å²) in [6.07, 6.45) is 10.2. The molecule has 5 heteroatoms. The summed E-state index contributed by atoms with van der Waals surface area (Å²) in [5, 5.41) is 20.2. The Morgan fingerprint density at radius 3 is 2.50 bits per heavy atom. The Kier molecular flexibility index (Phi) is 9.32. The molecule has 1 heterocycles. The molecule has 0 aliphatic carbocycles. The van der Waals surface area contributed by atoms with E-state index in [-0.39, 0.29) is 13.2 Å². The Morgan fingerprint density at radius 1 is 1.18 bits per heavy atom. The highest BCUT2D eigenvalue weighted by molar-refractivity contribution is 5.79. The standard InChI is InChI=1S/C17H32N2O3/c1-2-3-4-5-6-7-8-10-16-18-11-13-19(16,12-9-14-20)15-17(21)22/h20H,2-15H2,1H3. The molecule has 5 nitrogen and oxygen atoms in total. The smallest absolute Gasteiger partial charge is 0.198 e. The number of carboxylic acid groups (broad SMARTS) is 1. The number of aliphatic hydroxyl groups is 1. The molecule has 1 aliphatic rings. The lowest BCUT2D eigenvalue weighted by molar-refractivity contribution is -0.831. The maximum Gasteiger partial charge on any atom is 0.198 e. The second-order valence-corrected chi connectivity index (χ2v) is 6.37. The minimum Gasteiger partial charge on any atom is -0.544 e. The van der Waals surface area contributed by atoms with E-state index in [2.05, 4.69) is 11.9 Å². The fourth-order valence-corrected chi connectivity index (χ4v) is 3.32. The number of nitrogens with zero attached hydrogens (tertiary/aromatic N) is 2. The van der Waals surface area contributed by atoms with E-state index < -0.39 is 5.97 Å². The first kappa shape index (κ1) is 19.1. The van der Waals surface area contributed by atoms with Crippen molar-refractivity contribution in [3.05, 3.63) is 0 Å². The minimum absolute atomic E-state index is 0.00463. The van der Waals surface area contributed by atoms with Crippen molar-refractivity contribution in [2.24, 2.45) is 4.99 Å². The average molecular weight is 312 g/mol. The number of quaternary nitrogens is 1. The highest BCUT2D eigenvalue weighted by Crippen LogP contribution is 2.21. The molecule has 0 aromatic carbocycles. The van der Waals surface area contributed by atoms with E-state index in [4.69, 9.17) is 5.11 Å². The number of aliphatic hydroxyl groups excluding tert-OH is 1. The third-order valence-corrected chi connectivity index (χ3v) is 4.55. The Morgan fingerprint density at radius 2 is 1.86 bits per heavy atom. The third-order valence-electron chi connectivity index (χ3n) is 4.55. The summed E-state index contributed by atoms with van der Waals surface area (Å²) in [5.41, 5.74) is 0. The zero-order valence-electron chi connectivity index (χ0n) is 14.1. The molecule has 22 heavy (non-hydrogen) atoms. The van der Waals surface area contributed by atoms with Crippen LogP contribution in [0.1, 0.15) is 64.7 Å². The molecular formula is C17H32N2O3. The molecule has 0 radical (unpaired) electrons. The number of aliphatic imine (C=N–C) groups is 1. The van der Waals surface area contributed by atoms with Crippen molar-refractivity contribution in [1.29, 1.82) is 0 Å². The zero-order valence-corrected chi connectivity index (χ0v) is 14.1. The normalized spacial score (nSPS) is 21.1. The van der Waals surface area contributed by atoms with Crippen LogP contribution in [0.15, 0.2) is 4.99 Å². The topological polar surface area (TPSA) is 72.7 Å². The van der Waals surface area contributed by atoms with Gasteiger partial charge < -0.3 is 15.0 Å². The summed E-state index contributed by atoms with van der Waals surface area (Å²) >= 11 is 0. The van der Waals surface area contributed by atoms with Gasteiger partial charge in [-0.1, -0.05) is 45.4 Å². The molecule has 0 bridgehead atoms. The molecule has 1 rings (SSSR count). The molecule has 0 saturated carbocycles. The van der Waals surface area contributed by atoms with Crippen molar-refractivity contribution >= 4 is 11.8 Å². The second-order valence-electron chi connectivity index (χ2n) is 6.37. The molecule has 0 saturated heterocycles. The van der Waals surface area contributed by atoms with Gasteiger partial charge in [0.15, 0.2) is 5.84 Å². The van der Waals surface area contributed by atoms with Gasteiger partial charge in [-0.15, -0.1) is 0 Å². The van der Waals surface area contributed by atoms with Crippen molar-refractivity contribution in [3.8, 4) is 0 Å². The van der Waals surface area contributed by atoms with Gasteiger partial charge in [-0.2, -0.15) is 0 Å². The second kappa shape index (κ2) is 10.7. The van der Waals surface area contributed by atoms with Crippen LogP contribution in [-0.4, -0.2) is 54.2 Å². The first-order valence-electron chi connectivity index (χ1n) is 8.85. The van der Waals surface area contributed by atoms with E-state index in [1.54, 1.807) is 0 Å². The Labute approximate surface area is 134 Å². The van der Waals surface area contributed by atoms with E-state index in [1.165, 1.54) is 38.5 Å². The monoisotopic (exact) mass is 312 g/mol. The summed E-state index contributed by atoms with van der Waals surface area (Å²) in [5.74, 6) is -0.0155. The molecule has 0 fully saturated rings. The van der Waals surface area contributed by atoms with Crippen LogP contribution in [0.4, 0.5) is 0 Å².